The summed E-state index contributed by atoms with van der Waals surface area (Å²) in [5, 5.41) is 0. The van der Waals surface area contributed by atoms with Crippen molar-refractivity contribution in [2.75, 3.05) is 25.6 Å². The number of rotatable bonds is 8. The van der Waals surface area contributed by atoms with Crippen LogP contribution in [0.25, 0.3) is 10.2 Å². The molecule has 4 aromatic rings. The Morgan fingerprint density at radius 3 is 2.31 bits per heavy atom. The number of para-hydroxylation sites is 1. The number of carbonyl (C=O) groups excluding carboxylic acids is 1. The molecule has 0 saturated heterocycles. The van der Waals surface area contributed by atoms with Crippen molar-refractivity contribution < 1.29 is 22.7 Å². The first-order valence-corrected chi connectivity index (χ1v) is 13.1. The average Bonchev–Trinajstić information content (AvgIpc) is 3.23. The summed E-state index contributed by atoms with van der Waals surface area (Å²) in [6.45, 7) is 4.24. The number of hydrogen-bond acceptors (Lipinski definition) is 6. The van der Waals surface area contributed by atoms with Crippen molar-refractivity contribution in [2.24, 2.45) is 4.99 Å². The molecule has 0 aliphatic rings. The average molecular weight is 524 g/mol. The Balaban J connectivity index is 1.69. The van der Waals surface area contributed by atoms with Gasteiger partial charge in [0.25, 0.3) is 15.9 Å². The summed E-state index contributed by atoms with van der Waals surface area (Å²) < 4.78 is 40.8. The molecular formula is C26H25N3O5S2. The van der Waals surface area contributed by atoms with E-state index in [1.165, 1.54) is 47.0 Å². The van der Waals surface area contributed by atoms with Gasteiger partial charge in [-0.05, 0) is 36.4 Å². The zero-order chi connectivity index (χ0) is 25.9. The van der Waals surface area contributed by atoms with Gasteiger partial charge in [-0.3, -0.25) is 9.10 Å². The highest BCUT2D eigenvalue weighted by atomic mass is 32.2. The molecule has 1 amide bonds. The number of aromatic nitrogens is 1. The third kappa shape index (κ3) is 4.77. The molecule has 36 heavy (non-hydrogen) atoms. The topological polar surface area (TPSA) is 90.2 Å². The molecule has 1 aromatic heterocycles. The molecule has 0 unspecified atom stereocenters. The summed E-state index contributed by atoms with van der Waals surface area (Å²) in [5.74, 6) is 0.654. The molecule has 0 spiro atoms. The summed E-state index contributed by atoms with van der Waals surface area (Å²) in [6.07, 6.45) is 1.72. The second-order valence-corrected chi connectivity index (χ2v) is 10.7. The van der Waals surface area contributed by atoms with Crippen LogP contribution >= 0.6 is 11.3 Å². The highest BCUT2D eigenvalue weighted by Gasteiger charge is 2.21. The number of carbonyl (C=O) groups is 1. The second kappa shape index (κ2) is 10.4. The summed E-state index contributed by atoms with van der Waals surface area (Å²) in [4.78, 5) is 17.9. The van der Waals surface area contributed by atoms with E-state index in [0.717, 1.165) is 10.2 Å². The monoisotopic (exact) mass is 523 g/mol. The third-order valence-electron chi connectivity index (χ3n) is 5.58. The highest BCUT2D eigenvalue weighted by molar-refractivity contribution is 7.92. The predicted molar refractivity (Wildman–Crippen MR) is 141 cm³/mol. The summed E-state index contributed by atoms with van der Waals surface area (Å²) in [6, 6.07) is 18.2. The molecule has 0 fully saturated rings. The first-order valence-electron chi connectivity index (χ1n) is 10.9. The fourth-order valence-corrected chi connectivity index (χ4v) is 5.89. The van der Waals surface area contributed by atoms with Crippen molar-refractivity contribution >= 4 is 43.2 Å². The lowest BCUT2D eigenvalue weighted by Gasteiger charge is -2.19. The molecule has 8 nitrogen and oxygen atoms in total. The van der Waals surface area contributed by atoms with Crippen molar-refractivity contribution in [1.29, 1.82) is 0 Å². The molecule has 10 heteroatoms. The van der Waals surface area contributed by atoms with Gasteiger partial charge < -0.3 is 14.0 Å². The maximum absolute atomic E-state index is 13.0. The highest BCUT2D eigenvalue weighted by Crippen LogP contribution is 2.33. The zero-order valence-corrected chi connectivity index (χ0v) is 21.7. The maximum atomic E-state index is 13.0. The number of hydrogen-bond donors (Lipinski definition) is 0. The molecule has 0 atom stereocenters. The van der Waals surface area contributed by atoms with E-state index in [0.29, 0.717) is 28.5 Å². The van der Waals surface area contributed by atoms with Crippen LogP contribution in [0.15, 0.2) is 89.3 Å². The molecule has 3 aromatic carbocycles. The molecule has 0 saturated carbocycles. The number of nitrogens with zero attached hydrogens (tertiary/aromatic N) is 3. The van der Waals surface area contributed by atoms with Crippen molar-refractivity contribution in [3.63, 3.8) is 0 Å². The minimum atomic E-state index is -3.78. The van der Waals surface area contributed by atoms with Gasteiger partial charge in [-0.2, -0.15) is 4.99 Å². The Morgan fingerprint density at radius 1 is 1.06 bits per heavy atom. The number of amides is 1. The first kappa shape index (κ1) is 25.2. The van der Waals surface area contributed by atoms with E-state index < -0.39 is 15.9 Å². The van der Waals surface area contributed by atoms with Gasteiger partial charge in [0.2, 0.25) is 0 Å². The number of benzene rings is 3. The van der Waals surface area contributed by atoms with E-state index in [1.54, 1.807) is 44.6 Å². The normalized spacial score (nSPS) is 11.9. The van der Waals surface area contributed by atoms with E-state index in [2.05, 4.69) is 11.6 Å². The molecule has 0 aliphatic carbocycles. The molecule has 0 N–H and O–H groups in total. The molecule has 186 valence electrons. The molecule has 4 rings (SSSR count). The summed E-state index contributed by atoms with van der Waals surface area (Å²) >= 11 is 1.33. The smallest absolute Gasteiger partial charge is 0.279 e. The lowest BCUT2D eigenvalue weighted by Crippen LogP contribution is -2.26. The molecule has 0 bridgehead atoms. The summed E-state index contributed by atoms with van der Waals surface area (Å²) in [7, 11) is 0.826. The Hall–Kier alpha value is -3.89. The number of methoxy groups -OCH3 is 2. The van der Waals surface area contributed by atoms with Gasteiger partial charge in [-0.25, -0.2) is 8.42 Å². The van der Waals surface area contributed by atoms with E-state index in [-0.39, 0.29) is 10.5 Å². The SMILES string of the molecule is C=CCn1c(=NC(=O)c2ccc(S(=O)(=O)N(C)c3ccccc3)cc2)sc2cc(OC)c(OC)cc21. The number of sulfonamides is 1. The zero-order valence-electron chi connectivity index (χ0n) is 20.0. The van der Waals surface area contributed by atoms with Crippen molar-refractivity contribution in [1.82, 2.24) is 4.57 Å². The Kier molecular flexibility index (Phi) is 7.27. The fraction of sp³-hybridized carbons (Fsp3) is 0.154. The van der Waals surface area contributed by atoms with Gasteiger partial charge in [0.1, 0.15) is 0 Å². The van der Waals surface area contributed by atoms with E-state index in [1.807, 2.05) is 22.8 Å². The van der Waals surface area contributed by atoms with Crippen LogP contribution in [-0.2, 0) is 16.6 Å². The van der Waals surface area contributed by atoms with Crippen LogP contribution in [-0.4, -0.2) is 40.2 Å². The number of thiazole rings is 1. The molecular weight excluding hydrogens is 498 g/mol. The lowest BCUT2D eigenvalue weighted by molar-refractivity contribution is 0.0998. The fourth-order valence-electron chi connectivity index (χ4n) is 3.64. The maximum Gasteiger partial charge on any atom is 0.279 e. The van der Waals surface area contributed by atoms with Gasteiger partial charge in [-0.15, -0.1) is 6.58 Å². The van der Waals surface area contributed by atoms with Crippen molar-refractivity contribution in [2.45, 2.75) is 11.4 Å². The first-order chi connectivity index (χ1) is 17.3. The van der Waals surface area contributed by atoms with Gasteiger partial charge in [0, 0.05) is 31.3 Å². The van der Waals surface area contributed by atoms with Crippen LogP contribution in [0.5, 0.6) is 11.5 Å². The minimum absolute atomic E-state index is 0.0770. The van der Waals surface area contributed by atoms with Crippen LogP contribution in [0.1, 0.15) is 10.4 Å². The Morgan fingerprint density at radius 2 is 1.69 bits per heavy atom. The predicted octanol–water partition coefficient (Wildman–Crippen LogP) is 4.47. The quantitative estimate of drug-likeness (QED) is 0.318. The van der Waals surface area contributed by atoms with Gasteiger partial charge in [0.05, 0.1) is 35.0 Å². The van der Waals surface area contributed by atoms with Crippen LogP contribution in [0, 0.1) is 0 Å². The lowest BCUT2D eigenvalue weighted by atomic mass is 10.2. The van der Waals surface area contributed by atoms with Crippen molar-refractivity contribution in [3.8, 4) is 11.5 Å². The molecule has 0 aliphatic heterocycles. The minimum Gasteiger partial charge on any atom is -0.493 e. The van der Waals surface area contributed by atoms with Crippen LogP contribution in [0.2, 0.25) is 0 Å². The van der Waals surface area contributed by atoms with Gasteiger partial charge in [0.15, 0.2) is 16.3 Å². The van der Waals surface area contributed by atoms with Crippen LogP contribution < -0.4 is 18.6 Å². The number of anilines is 1. The van der Waals surface area contributed by atoms with Crippen LogP contribution in [0.4, 0.5) is 5.69 Å². The Labute approximate surface area is 213 Å². The number of fused-ring (bicyclic) bond motifs is 1. The van der Waals surface area contributed by atoms with Gasteiger partial charge in [-0.1, -0.05) is 35.6 Å². The van der Waals surface area contributed by atoms with E-state index >= 15 is 0 Å². The number of ether oxygens (including phenoxy) is 2. The van der Waals surface area contributed by atoms with E-state index in [4.69, 9.17) is 9.47 Å². The Bertz CT molecular complexity index is 1590. The third-order valence-corrected chi connectivity index (χ3v) is 8.42. The summed E-state index contributed by atoms with van der Waals surface area (Å²) in [5.41, 5.74) is 1.64. The standard InChI is InChI=1S/C26H25N3O5S2/c1-5-15-29-21-16-22(33-3)23(34-4)17-24(21)35-26(29)27-25(30)18-11-13-20(14-12-18)36(31,32)28(2)19-9-7-6-8-10-19/h5-14,16-17H,1,15H2,2-4H3. The second-order valence-electron chi connectivity index (χ2n) is 7.71. The van der Waals surface area contributed by atoms with Gasteiger partial charge >= 0.3 is 0 Å². The molecule has 0 radical (unpaired) electrons. The molecule has 1 heterocycles. The van der Waals surface area contributed by atoms with Crippen LogP contribution in [0.3, 0.4) is 0 Å². The largest absolute Gasteiger partial charge is 0.493 e. The van der Waals surface area contributed by atoms with E-state index in [9.17, 15) is 13.2 Å². The van der Waals surface area contributed by atoms with Crippen molar-refractivity contribution in [3.05, 3.63) is 89.7 Å². The number of allylic oxidation sites excluding steroid dienone is 1.